The molecule has 1 aliphatic carbocycles. The van der Waals surface area contributed by atoms with Crippen molar-refractivity contribution in [1.82, 2.24) is 19.9 Å². The van der Waals surface area contributed by atoms with E-state index in [1.165, 1.54) is 6.07 Å². The van der Waals surface area contributed by atoms with Crippen LogP contribution in [0.4, 0.5) is 5.95 Å². The van der Waals surface area contributed by atoms with Gasteiger partial charge in [-0.2, -0.15) is 0 Å². The minimum Gasteiger partial charge on any atom is -0.341 e. The summed E-state index contributed by atoms with van der Waals surface area (Å²) >= 11 is 0. The van der Waals surface area contributed by atoms with Gasteiger partial charge in [0.25, 0.3) is 11.5 Å². The van der Waals surface area contributed by atoms with Crippen molar-refractivity contribution in [2.45, 2.75) is 33.1 Å². The van der Waals surface area contributed by atoms with Gasteiger partial charge in [0.2, 0.25) is 5.95 Å². The van der Waals surface area contributed by atoms with Gasteiger partial charge >= 0.3 is 0 Å². The van der Waals surface area contributed by atoms with Crippen molar-refractivity contribution >= 4 is 28.7 Å². The number of aromatic amines is 2. The maximum absolute atomic E-state index is 13.2. The highest BCUT2D eigenvalue weighted by Gasteiger charge is 2.33. The number of carbonyl (C=O) groups is 2. The van der Waals surface area contributed by atoms with Crippen molar-refractivity contribution in [3.63, 3.8) is 0 Å². The number of benzene rings is 1. The molecule has 166 valence electrons. The Morgan fingerprint density at radius 3 is 2.66 bits per heavy atom. The number of H-pyrrole nitrogens is 2. The summed E-state index contributed by atoms with van der Waals surface area (Å²) in [6.45, 7) is 6.42. The lowest BCUT2D eigenvalue weighted by Gasteiger charge is -2.30. The summed E-state index contributed by atoms with van der Waals surface area (Å²) in [6, 6.07) is 9.39. The van der Waals surface area contributed by atoms with Crippen molar-refractivity contribution in [1.29, 1.82) is 0 Å². The molecule has 0 spiro atoms. The number of rotatable bonds is 2. The van der Waals surface area contributed by atoms with Crippen LogP contribution in [0, 0.1) is 5.41 Å². The Hall–Kier alpha value is -3.42. The summed E-state index contributed by atoms with van der Waals surface area (Å²) in [7, 11) is 0. The number of fused-ring (bicyclic) bond motifs is 2. The van der Waals surface area contributed by atoms with E-state index in [9.17, 15) is 14.4 Å². The summed E-state index contributed by atoms with van der Waals surface area (Å²) < 4.78 is 0. The molecule has 1 aromatic carbocycles. The number of anilines is 1. The molecule has 1 amide bonds. The molecule has 2 aliphatic rings. The van der Waals surface area contributed by atoms with Crippen molar-refractivity contribution in [2.24, 2.45) is 5.41 Å². The van der Waals surface area contributed by atoms with Crippen LogP contribution >= 0.6 is 0 Å². The Labute approximate surface area is 185 Å². The van der Waals surface area contributed by atoms with Crippen molar-refractivity contribution < 1.29 is 9.59 Å². The molecule has 0 saturated carbocycles. The van der Waals surface area contributed by atoms with Crippen molar-refractivity contribution in [3.05, 3.63) is 57.5 Å². The summed E-state index contributed by atoms with van der Waals surface area (Å²) in [5.74, 6) is 0.451. The second-order valence-corrected chi connectivity index (χ2v) is 9.56. The highest BCUT2D eigenvalue weighted by Crippen LogP contribution is 2.33. The second kappa shape index (κ2) is 7.62. The molecule has 0 bridgehead atoms. The zero-order chi connectivity index (χ0) is 22.5. The number of nitrogens with one attached hydrogen (secondary N) is 2. The Morgan fingerprint density at radius 1 is 1.03 bits per heavy atom. The highest BCUT2D eigenvalue weighted by molar-refractivity contribution is 6.02. The Balaban J connectivity index is 1.36. The maximum Gasteiger partial charge on any atom is 0.261 e. The number of aromatic nitrogens is 3. The number of hydrogen-bond donors (Lipinski definition) is 2. The SMILES string of the molecule is CC1(C)CC(=O)c2cc(C(=O)N3CCCN(c4nc5ccccc5[nH]4)CC3)c(=O)[nH]c2C1. The van der Waals surface area contributed by atoms with E-state index in [-0.39, 0.29) is 22.7 Å². The normalized spacial score (nSPS) is 18.5. The monoisotopic (exact) mass is 433 g/mol. The molecule has 3 aromatic rings. The lowest BCUT2D eigenvalue weighted by atomic mass is 9.75. The number of amides is 1. The van der Waals surface area contributed by atoms with Crippen LogP contribution in [0.2, 0.25) is 0 Å². The van der Waals surface area contributed by atoms with E-state index in [1.807, 2.05) is 38.1 Å². The van der Waals surface area contributed by atoms with Crippen LogP contribution in [-0.4, -0.2) is 57.7 Å². The van der Waals surface area contributed by atoms with Gasteiger partial charge in [0.1, 0.15) is 5.56 Å². The number of hydrogen-bond acceptors (Lipinski definition) is 5. The van der Waals surface area contributed by atoms with Gasteiger partial charge in [0, 0.05) is 43.9 Å². The minimum atomic E-state index is -0.419. The van der Waals surface area contributed by atoms with Crippen LogP contribution in [0.1, 0.15) is 53.1 Å². The fraction of sp³-hybridized carbons (Fsp3) is 0.417. The fourth-order valence-corrected chi connectivity index (χ4v) is 4.78. The first kappa shape index (κ1) is 20.5. The molecule has 5 rings (SSSR count). The van der Waals surface area contributed by atoms with Gasteiger partial charge in [0.05, 0.1) is 11.0 Å². The van der Waals surface area contributed by atoms with Gasteiger partial charge in [-0.15, -0.1) is 0 Å². The van der Waals surface area contributed by atoms with E-state index in [4.69, 9.17) is 0 Å². The standard InChI is InChI=1S/C24H27N5O3/c1-24(2)13-19-15(20(30)14-24)12-16(21(31)25-19)22(32)28-8-5-9-29(11-10-28)23-26-17-6-3-4-7-18(17)27-23/h3-4,6-7,12H,5,8-11,13-14H2,1-2H3,(H,25,31)(H,26,27). The molecule has 2 aromatic heterocycles. The van der Waals surface area contributed by atoms with Gasteiger partial charge in [-0.1, -0.05) is 26.0 Å². The number of imidazole rings is 1. The van der Waals surface area contributed by atoms with Gasteiger partial charge in [-0.3, -0.25) is 14.4 Å². The zero-order valence-electron chi connectivity index (χ0n) is 18.4. The smallest absolute Gasteiger partial charge is 0.261 e. The van der Waals surface area contributed by atoms with E-state index in [1.54, 1.807) is 4.90 Å². The third-order valence-corrected chi connectivity index (χ3v) is 6.41. The average molecular weight is 434 g/mol. The number of pyridine rings is 1. The van der Waals surface area contributed by atoms with Crippen LogP contribution < -0.4 is 10.5 Å². The van der Waals surface area contributed by atoms with Crippen LogP contribution in [0.5, 0.6) is 0 Å². The van der Waals surface area contributed by atoms with Gasteiger partial charge < -0.3 is 19.8 Å². The molecular formula is C24H27N5O3. The molecule has 3 heterocycles. The van der Waals surface area contributed by atoms with E-state index in [0.717, 1.165) is 29.9 Å². The second-order valence-electron chi connectivity index (χ2n) is 9.56. The third kappa shape index (κ3) is 3.70. The first-order chi connectivity index (χ1) is 15.3. The molecule has 0 radical (unpaired) electrons. The number of ketones is 1. The largest absolute Gasteiger partial charge is 0.341 e. The lowest BCUT2D eigenvalue weighted by molar-refractivity contribution is 0.0765. The number of Topliss-reactive ketones (excluding diaryl/α,β-unsaturated/α-hetero) is 1. The third-order valence-electron chi connectivity index (χ3n) is 6.41. The molecule has 8 nitrogen and oxygen atoms in total. The predicted octanol–water partition coefficient (Wildman–Crippen LogP) is 2.76. The van der Waals surface area contributed by atoms with Crippen LogP contribution in [0.3, 0.4) is 0 Å². The molecule has 1 aliphatic heterocycles. The van der Waals surface area contributed by atoms with Gasteiger partial charge in [-0.25, -0.2) is 4.98 Å². The molecule has 0 unspecified atom stereocenters. The molecule has 2 N–H and O–H groups in total. The predicted molar refractivity (Wildman–Crippen MR) is 122 cm³/mol. The lowest BCUT2D eigenvalue weighted by Crippen LogP contribution is -2.39. The van der Waals surface area contributed by atoms with E-state index in [0.29, 0.717) is 43.7 Å². The van der Waals surface area contributed by atoms with Crippen molar-refractivity contribution in [2.75, 3.05) is 31.1 Å². The van der Waals surface area contributed by atoms with Crippen LogP contribution in [-0.2, 0) is 6.42 Å². The highest BCUT2D eigenvalue weighted by atomic mass is 16.2. The quantitative estimate of drug-likeness (QED) is 0.647. The molecule has 1 fully saturated rings. The topological polar surface area (TPSA) is 102 Å². The Bertz CT molecular complexity index is 1240. The number of nitrogens with zero attached hydrogens (tertiary/aromatic N) is 3. The van der Waals surface area contributed by atoms with E-state index >= 15 is 0 Å². The zero-order valence-corrected chi connectivity index (χ0v) is 18.4. The van der Waals surface area contributed by atoms with E-state index in [2.05, 4.69) is 19.9 Å². The first-order valence-electron chi connectivity index (χ1n) is 11.1. The van der Waals surface area contributed by atoms with Crippen molar-refractivity contribution in [3.8, 4) is 0 Å². The summed E-state index contributed by atoms with van der Waals surface area (Å²) in [6.07, 6.45) is 1.79. The van der Waals surface area contributed by atoms with Crippen LogP contribution in [0.15, 0.2) is 35.1 Å². The Morgan fingerprint density at radius 2 is 1.84 bits per heavy atom. The average Bonchev–Trinajstić information content (AvgIpc) is 3.01. The molecule has 8 heteroatoms. The maximum atomic E-state index is 13.2. The Kier molecular flexibility index (Phi) is 4.87. The molecule has 32 heavy (non-hydrogen) atoms. The summed E-state index contributed by atoms with van der Waals surface area (Å²) in [5.41, 5.74) is 2.45. The van der Waals surface area contributed by atoms with Crippen LogP contribution in [0.25, 0.3) is 11.0 Å². The summed E-state index contributed by atoms with van der Waals surface area (Å²) in [4.78, 5) is 53.2. The first-order valence-corrected chi connectivity index (χ1v) is 11.1. The summed E-state index contributed by atoms with van der Waals surface area (Å²) in [5, 5.41) is 0. The molecule has 0 atom stereocenters. The molecular weight excluding hydrogens is 406 g/mol. The number of carbonyl (C=O) groups excluding carboxylic acids is 2. The number of para-hydroxylation sites is 2. The fourth-order valence-electron chi connectivity index (χ4n) is 4.78. The van der Waals surface area contributed by atoms with E-state index < -0.39 is 5.56 Å². The minimum absolute atomic E-state index is 0.0199. The van der Waals surface area contributed by atoms with Gasteiger partial charge in [0.15, 0.2) is 5.78 Å². The van der Waals surface area contributed by atoms with Gasteiger partial charge in [-0.05, 0) is 36.5 Å². The molecule has 1 saturated heterocycles.